The van der Waals surface area contributed by atoms with Crippen molar-refractivity contribution in [2.75, 3.05) is 18.4 Å². The highest BCUT2D eigenvalue weighted by atomic mass is 79.9. The lowest BCUT2D eigenvalue weighted by molar-refractivity contribution is 0.734. The second-order valence-electron chi connectivity index (χ2n) is 3.72. The zero-order valence-corrected chi connectivity index (χ0v) is 8.76. The molecule has 68 valence electrons. The molecule has 0 saturated carbocycles. The van der Waals surface area contributed by atoms with Crippen LogP contribution in [-0.4, -0.2) is 19.1 Å². The maximum atomic E-state index is 3.62. The molecule has 2 nitrogen and oxygen atoms in total. The van der Waals surface area contributed by atoms with E-state index in [1.54, 1.807) is 0 Å². The van der Waals surface area contributed by atoms with Crippen molar-refractivity contribution in [3.8, 4) is 0 Å². The van der Waals surface area contributed by atoms with Gasteiger partial charge in [-0.3, -0.25) is 0 Å². The standard InChI is InChI=1S/C10H11BrN2/c11-7-2-1-3-8-10(7)6-4-12-5-9(6)13-8/h1-3,6,9,12-13H,4-5H2. The molecule has 0 bridgehead atoms. The minimum atomic E-state index is 0.605. The SMILES string of the molecule is Brc1cccc2c1C1CNCC1N2. The van der Waals surface area contributed by atoms with E-state index in [0.29, 0.717) is 12.0 Å². The molecule has 0 aliphatic carbocycles. The number of benzene rings is 1. The predicted molar refractivity (Wildman–Crippen MR) is 57.2 cm³/mol. The van der Waals surface area contributed by atoms with Crippen LogP contribution in [0.1, 0.15) is 11.5 Å². The third-order valence-corrected chi connectivity index (χ3v) is 3.67. The summed E-state index contributed by atoms with van der Waals surface area (Å²) >= 11 is 3.62. The smallest absolute Gasteiger partial charge is 0.0467 e. The van der Waals surface area contributed by atoms with E-state index in [9.17, 15) is 0 Å². The fraction of sp³-hybridized carbons (Fsp3) is 0.400. The highest BCUT2D eigenvalue weighted by molar-refractivity contribution is 9.10. The number of anilines is 1. The molecule has 0 aromatic heterocycles. The minimum absolute atomic E-state index is 0.605. The minimum Gasteiger partial charge on any atom is -0.380 e. The van der Waals surface area contributed by atoms with Crippen molar-refractivity contribution < 1.29 is 0 Å². The molecule has 13 heavy (non-hydrogen) atoms. The summed E-state index contributed by atoms with van der Waals surface area (Å²) < 4.78 is 1.24. The summed E-state index contributed by atoms with van der Waals surface area (Å²) in [7, 11) is 0. The Morgan fingerprint density at radius 1 is 1.31 bits per heavy atom. The van der Waals surface area contributed by atoms with E-state index in [0.717, 1.165) is 13.1 Å². The van der Waals surface area contributed by atoms with Crippen molar-refractivity contribution in [3.63, 3.8) is 0 Å². The first-order valence-corrected chi connectivity index (χ1v) is 5.41. The van der Waals surface area contributed by atoms with Gasteiger partial charge in [-0.05, 0) is 17.7 Å². The summed E-state index contributed by atoms with van der Waals surface area (Å²) in [4.78, 5) is 0. The predicted octanol–water partition coefficient (Wildman–Crippen LogP) is 1.93. The van der Waals surface area contributed by atoms with Gasteiger partial charge in [-0.2, -0.15) is 0 Å². The van der Waals surface area contributed by atoms with Gasteiger partial charge in [0.25, 0.3) is 0 Å². The average molecular weight is 239 g/mol. The van der Waals surface area contributed by atoms with Crippen LogP contribution in [0.15, 0.2) is 22.7 Å². The summed E-state index contributed by atoms with van der Waals surface area (Å²) in [6, 6.07) is 6.98. The van der Waals surface area contributed by atoms with Crippen molar-refractivity contribution in [1.82, 2.24) is 5.32 Å². The largest absolute Gasteiger partial charge is 0.380 e. The van der Waals surface area contributed by atoms with E-state index in [2.05, 4.69) is 44.8 Å². The third-order valence-electron chi connectivity index (χ3n) is 2.98. The van der Waals surface area contributed by atoms with Crippen LogP contribution in [0.3, 0.4) is 0 Å². The zero-order chi connectivity index (χ0) is 8.84. The lowest BCUT2D eigenvalue weighted by Crippen LogP contribution is -2.20. The second-order valence-corrected chi connectivity index (χ2v) is 4.57. The number of halogens is 1. The molecular formula is C10H11BrN2. The molecule has 3 heteroatoms. The molecule has 2 atom stereocenters. The summed E-state index contributed by atoms with van der Waals surface area (Å²) in [6.45, 7) is 2.19. The molecule has 0 spiro atoms. The van der Waals surface area contributed by atoms with Crippen LogP contribution in [0.2, 0.25) is 0 Å². The van der Waals surface area contributed by atoms with Gasteiger partial charge >= 0.3 is 0 Å². The maximum absolute atomic E-state index is 3.62. The number of hydrogen-bond acceptors (Lipinski definition) is 2. The van der Waals surface area contributed by atoms with Gasteiger partial charge in [0.05, 0.1) is 0 Å². The molecule has 2 N–H and O–H groups in total. The Bertz CT molecular complexity index is 351. The average Bonchev–Trinajstić information content (AvgIpc) is 2.62. The van der Waals surface area contributed by atoms with Crippen LogP contribution in [-0.2, 0) is 0 Å². The zero-order valence-electron chi connectivity index (χ0n) is 7.18. The number of nitrogens with one attached hydrogen (secondary N) is 2. The highest BCUT2D eigenvalue weighted by Crippen LogP contribution is 2.41. The fourth-order valence-electron chi connectivity index (χ4n) is 2.37. The Hall–Kier alpha value is -0.540. The molecular weight excluding hydrogens is 228 g/mol. The number of fused-ring (bicyclic) bond motifs is 3. The Morgan fingerprint density at radius 2 is 2.23 bits per heavy atom. The molecule has 1 aromatic carbocycles. The van der Waals surface area contributed by atoms with E-state index in [4.69, 9.17) is 0 Å². The van der Waals surface area contributed by atoms with Crippen molar-refractivity contribution in [2.24, 2.45) is 0 Å². The van der Waals surface area contributed by atoms with Gasteiger partial charge in [0.1, 0.15) is 0 Å². The summed E-state index contributed by atoms with van der Waals surface area (Å²) in [5.41, 5.74) is 2.77. The van der Waals surface area contributed by atoms with E-state index >= 15 is 0 Å². The molecule has 3 rings (SSSR count). The van der Waals surface area contributed by atoms with Gasteiger partial charge in [0.2, 0.25) is 0 Å². The van der Waals surface area contributed by atoms with Crippen LogP contribution >= 0.6 is 15.9 Å². The molecule has 0 amide bonds. The van der Waals surface area contributed by atoms with E-state index in [1.807, 2.05) is 0 Å². The first kappa shape index (κ1) is 7.83. The van der Waals surface area contributed by atoms with Gasteiger partial charge in [-0.1, -0.05) is 22.0 Å². The van der Waals surface area contributed by atoms with Gasteiger partial charge in [0.15, 0.2) is 0 Å². The molecule has 2 heterocycles. The number of rotatable bonds is 0. The second kappa shape index (κ2) is 2.72. The van der Waals surface area contributed by atoms with Crippen LogP contribution in [0.4, 0.5) is 5.69 Å². The molecule has 1 saturated heterocycles. The quantitative estimate of drug-likeness (QED) is 0.722. The molecule has 2 unspecified atom stereocenters. The highest BCUT2D eigenvalue weighted by Gasteiger charge is 2.36. The summed E-state index contributed by atoms with van der Waals surface area (Å²) in [6.07, 6.45) is 0. The molecule has 1 fully saturated rings. The van der Waals surface area contributed by atoms with Crippen LogP contribution in [0.5, 0.6) is 0 Å². The van der Waals surface area contributed by atoms with Crippen molar-refractivity contribution >= 4 is 21.6 Å². The Labute approximate surface area is 85.8 Å². The normalized spacial score (nSPS) is 29.6. The van der Waals surface area contributed by atoms with E-state index < -0.39 is 0 Å². The fourth-order valence-corrected chi connectivity index (χ4v) is 3.03. The summed E-state index contributed by atoms with van der Waals surface area (Å²) in [5.74, 6) is 0.658. The topological polar surface area (TPSA) is 24.1 Å². The van der Waals surface area contributed by atoms with Gasteiger partial charge < -0.3 is 10.6 Å². The molecule has 2 aliphatic rings. The molecule has 1 aromatic rings. The third kappa shape index (κ3) is 1.04. The molecule has 2 aliphatic heterocycles. The first-order valence-electron chi connectivity index (χ1n) is 4.62. The van der Waals surface area contributed by atoms with Crippen LogP contribution < -0.4 is 10.6 Å². The lowest BCUT2D eigenvalue weighted by atomic mass is 9.98. The van der Waals surface area contributed by atoms with Crippen LogP contribution in [0, 0.1) is 0 Å². The lowest BCUT2D eigenvalue weighted by Gasteiger charge is -2.07. The van der Waals surface area contributed by atoms with Gasteiger partial charge in [-0.25, -0.2) is 0 Å². The van der Waals surface area contributed by atoms with E-state index in [-0.39, 0.29) is 0 Å². The van der Waals surface area contributed by atoms with Crippen LogP contribution in [0.25, 0.3) is 0 Å². The monoisotopic (exact) mass is 238 g/mol. The number of hydrogen-bond donors (Lipinski definition) is 2. The van der Waals surface area contributed by atoms with Crippen molar-refractivity contribution in [3.05, 3.63) is 28.2 Å². The van der Waals surface area contributed by atoms with Crippen molar-refractivity contribution in [2.45, 2.75) is 12.0 Å². The summed E-state index contributed by atoms with van der Waals surface area (Å²) in [5, 5.41) is 6.95. The Kier molecular flexibility index (Phi) is 1.64. The van der Waals surface area contributed by atoms with Crippen molar-refractivity contribution in [1.29, 1.82) is 0 Å². The molecule has 0 radical (unpaired) electrons. The van der Waals surface area contributed by atoms with Gasteiger partial charge in [-0.15, -0.1) is 0 Å². The Balaban J connectivity index is 2.14. The van der Waals surface area contributed by atoms with Gasteiger partial charge in [0, 0.05) is 35.2 Å². The van der Waals surface area contributed by atoms with E-state index in [1.165, 1.54) is 15.7 Å². The Morgan fingerprint density at radius 3 is 3.15 bits per heavy atom. The maximum Gasteiger partial charge on any atom is 0.0467 e. The first-order chi connectivity index (χ1) is 6.36.